The molecule has 0 unspecified atom stereocenters. The maximum atomic E-state index is 12.5. The van der Waals surface area contributed by atoms with Crippen molar-refractivity contribution in [3.05, 3.63) is 53.1 Å². The number of carbonyl (C=O) groups is 1. The lowest BCUT2D eigenvalue weighted by molar-refractivity contribution is 0.0702. The normalized spacial score (nSPS) is 13.9. The minimum absolute atomic E-state index is 0.107. The van der Waals surface area contributed by atoms with Gasteiger partial charge in [0.2, 0.25) is 11.7 Å². The van der Waals surface area contributed by atoms with Crippen LogP contribution in [0.25, 0.3) is 11.4 Å². The lowest BCUT2D eigenvalue weighted by Gasteiger charge is -2.29. The van der Waals surface area contributed by atoms with Gasteiger partial charge in [-0.05, 0) is 36.6 Å². The maximum Gasteiger partial charge on any atom is 0.289 e. The van der Waals surface area contributed by atoms with Crippen LogP contribution < -0.4 is 0 Å². The highest BCUT2D eigenvalue weighted by Gasteiger charge is 2.27. The number of pyridine rings is 1. The lowest BCUT2D eigenvalue weighted by atomic mass is 9.94. The van der Waals surface area contributed by atoms with Gasteiger partial charge in [-0.1, -0.05) is 19.0 Å². The van der Waals surface area contributed by atoms with Crippen LogP contribution in [-0.2, 0) is 13.0 Å². The summed E-state index contributed by atoms with van der Waals surface area (Å²) in [6.45, 7) is 7.07. The van der Waals surface area contributed by atoms with Crippen molar-refractivity contribution in [3.63, 3.8) is 0 Å². The van der Waals surface area contributed by atoms with E-state index in [1.54, 1.807) is 17.0 Å². The lowest BCUT2D eigenvalue weighted by Crippen LogP contribution is -2.36. The number of carbonyl (C=O) groups excluding carboxylic acids is 1. The molecule has 1 aliphatic rings. The van der Waals surface area contributed by atoms with E-state index in [1.165, 1.54) is 6.26 Å². The number of amides is 1. The summed E-state index contributed by atoms with van der Waals surface area (Å²) in [6, 6.07) is 3.40. The molecule has 0 aromatic carbocycles. The summed E-state index contributed by atoms with van der Waals surface area (Å²) in [4.78, 5) is 23.3. The highest BCUT2D eigenvalue weighted by molar-refractivity contribution is 5.91. The number of nitrogens with zero attached hydrogens (tertiary/aromatic N) is 4. The van der Waals surface area contributed by atoms with Crippen molar-refractivity contribution >= 4 is 5.91 Å². The van der Waals surface area contributed by atoms with E-state index in [0.717, 1.165) is 22.4 Å². The number of aryl methyl sites for hydroxylation is 1. The first-order valence-electron chi connectivity index (χ1n) is 8.68. The van der Waals surface area contributed by atoms with Crippen LogP contribution in [0, 0.1) is 6.92 Å². The summed E-state index contributed by atoms with van der Waals surface area (Å²) in [5, 5.41) is 4.15. The summed E-state index contributed by atoms with van der Waals surface area (Å²) in [5.41, 5.74) is 3.93. The van der Waals surface area contributed by atoms with Crippen molar-refractivity contribution in [1.29, 1.82) is 0 Å². The van der Waals surface area contributed by atoms with Crippen molar-refractivity contribution < 1.29 is 13.7 Å². The van der Waals surface area contributed by atoms with Gasteiger partial charge >= 0.3 is 0 Å². The summed E-state index contributed by atoms with van der Waals surface area (Å²) in [7, 11) is 0. The third-order valence-electron chi connectivity index (χ3n) is 4.64. The van der Waals surface area contributed by atoms with Crippen LogP contribution in [0.3, 0.4) is 0 Å². The zero-order valence-electron chi connectivity index (χ0n) is 15.0. The molecule has 0 radical (unpaired) electrons. The van der Waals surface area contributed by atoms with E-state index >= 15 is 0 Å². The molecule has 0 saturated carbocycles. The Morgan fingerprint density at radius 1 is 1.35 bits per heavy atom. The van der Waals surface area contributed by atoms with E-state index in [2.05, 4.69) is 15.1 Å². The predicted octanol–water partition coefficient (Wildman–Crippen LogP) is 3.35. The Morgan fingerprint density at radius 3 is 2.88 bits per heavy atom. The number of hydrogen-bond acceptors (Lipinski definition) is 6. The molecule has 0 saturated heterocycles. The predicted molar refractivity (Wildman–Crippen MR) is 93.5 cm³/mol. The first-order valence-corrected chi connectivity index (χ1v) is 8.68. The Kier molecular flexibility index (Phi) is 4.06. The molecule has 0 aliphatic carbocycles. The van der Waals surface area contributed by atoms with Crippen LogP contribution in [0.15, 0.2) is 33.5 Å². The molecule has 1 amide bonds. The van der Waals surface area contributed by atoms with E-state index in [-0.39, 0.29) is 11.8 Å². The molecule has 4 heterocycles. The summed E-state index contributed by atoms with van der Waals surface area (Å²) in [5.74, 6) is 1.60. The zero-order valence-corrected chi connectivity index (χ0v) is 15.0. The van der Waals surface area contributed by atoms with Crippen molar-refractivity contribution in [1.82, 2.24) is 20.0 Å². The van der Waals surface area contributed by atoms with Gasteiger partial charge in [-0.2, -0.15) is 4.98 Å². The molecule has 134 valence electrons. The summed E-state index contributed by atoms with van der Waals surface area (Å²) in [6.07, 6.45) is 4.06. The number of rotatable bonds is 3. The molecule has 1 aliphatic heterocycles. The van der Waals surface area contributed by atoms with Crippen molar-refractivity contribution in [2.45, 2.75) is 39.7 Å². The van der Waals surface area contributed by atoms with Crippen LogP contribution in [0.4, 0.5) is 0 Å². The molecule has 4 rings (SSSR count). The van der Waals surface area contributed by atoms with Gasteiger partial charge in [-0.25, -0.2) is 0 Å². The molecule has 3 aromatic rings. The van der Waals surface area contributed by atoms with E-state index in [4.69, 9.17) is 8.94 Å². The van der Waals surface area contributed by atoms with Gasteiger partial charge in [-0.3, -0.25) is 9.78 Å². The molecule has 7 heteroatoms. The van der Waals surface area contributed by atoms with E-state index < -0.39 is 0 Å². The number of furan rings is 1. The number of fused-ring (bicyclic) bond motifs is 1. The Bertz CT molecular complexity index is 944. The van der Waals surface area contributed by atoms with Crippen molar-refractivity contribution in [2.75, 3.05) is 6.54 Å². The molecule has 0 bridgehead atoms. The van der Waals surface area contributed by atoms with Crippen molar-refractivity contribution in [3.8, 4) is 11.4 Å². The monoisotopic (exact) mass is 352 g/mol. The average molecular weight is 352 g/mol. The van der Waals surface area contributed by atoms with Gasteiger partial charge in [0.05, 0.1) is 6.26 Å². The zero-order chi connectivity index (χ0) is 18.3. The Hall–Kier alpha value is -2.96. The van der Waals surface area contributed by atoms with Gasteiger partial charge in [0, 0.05) is 36.5 Å². The van der Waals surface area contributed by atoms with Gasteiger partial charge in [0.1, 0.15) is 0 Å². The van der Waals surface area contributed by atoms with Gasteiger partial charge < -0.3 is 13.8 Å². The second kappa shape index (κ2) is 6.40. The smallest absolute Gasteiger partial charge is 0.289 e. The summed E-state index contributed by atoms with van der Waals surface area (Å²) >= 11 is 0. The Balaban J connectivity index is 1.68. The fourth-order valence-corrected chi connectivity index (χ4v) is 3.25. The maximum absolute atomic E-state index is 12.5. The second-order valence-electron chi connectivity index (χ2n) is 6.79. The fraction of sp³-hybridized carbons (Fsp3) is 0.368. The number of hydrogen-bond donors (Lipinski definition) is 0. The van der Waals surface area contributed by atoms with Gasteiger partial charge in [0.25, 0.3) is 5.91 Å². The number of aromatic nitrogens is 3. The topological polar surface area (TPSA) is 85.3 Å². The third-order valence-corrected chi connectivity index (χ3v) is 4.64. The third kappa shape index (κ3) is 2.79. The van der Waals surface area contributed by atoms with Gasteiger partial charge in [0.15, 0.2) is 5.76 Å². The molecule has 0 fully saturated rings. The molecular formula is C19H20N4O3. The Morgan fingerprint density at radius 2 is 2.19 bits per heavy atom. The van der Waals surface area contributed by atoms with E-state index in [9.17, 15) is 4.79 Å². The fourth-order valence-electron chi connectivity index (χ4n) is 3.25. The van der Waals surface area contributed by atoms with Crippen molar-refractivity contribution in [2.24, 2.45) is 0 Å². The van der Waals surface area contributed by atoms with Crippen LogP contribution in [0.5, 0.6) is 0 Å². The van der Waals surface area contributed by atoms with Crippen LogP contribution in [0.2, 0.25) is 0 Å². The molecule has 0 N–H and O–H groups in total. The molecule has 0 atom stereocenters. The highest BCUT2D eigenvalue weighted by atomic mass is 16.5. The minimum atomic E-state index is -0.107. The van der Waals surface area contributed by atoms with Crippen LogP contribution in [0.1, 0.15) is 53.0 Å². The molecule has 0 spiro atoms. The van der Waals surface area contributed by atoms with Gasteiger partial charge in [-0.15, -0.1) is 0 Å². The van der Waals surface area contributed by atoms with E-state index in [0.29, 0.717) is 37.0 Å². The van der Waals surface area contributed by atoms with Crippen LogP contribution in [-0.4, -0.2) is 32.5 Å². The first kappa shape index (κ1) is 16.5. The average Bonchev–Trinajstić information content (AvgIpc) is 3.32. The second-order valence-corrected chi connectivity index (χ2v) is 6.79. The Labute approximate surface area is 151 Å². The largest absolute Gasteiger partial charge is 0.459 e. The van der Waals surface area contributed by atoms with E-state index in [1.807, 2.05) is 27.0 Å². The molecule has 7 nitrogen and oxygen atoms in total. The molecule has 3 aromatic heterocycles. The first-order chi connectivity index (χ1) is 12.5. The SMILES string of the molecule is Cc1ncc2c(c1-c1noc(C(C)C)n1)CCN(C(=O)c1ccco1)C2. The minimum Gasteiger partial charge on any atom is -0.459 e. The standard InChI is InChI=1S/C19H20N4O3/c1-11(2)18-21-17(22-26-18)16-12(3)20-9-13-10-23(7-6-14(13)16)19(24)15-5-4-8-25-15/h4-5,8-9,11H,6-7,10H2,1-3H3. The highest BCUT2D eigenvalue weighted by Crippen LogP contribution is 2.31. The van der Waals surface area contributed by atoms with Crippen LogP contribution >= 0.6 is 0 Å². The molecule has 26 heavy (non-hydrogen) atoms. The molecular weight excluding hydrogens is 332 g/mol. The summed E-state index contributed by atoms with van der Waals surface area (Å²) < 4.78 is 10.6. The quantitative estimate of drug-likeness (QED) is 0.718.